The number of carbonyl (C=O) groups is 1. The summed E-state index contributed by atoms with van der Waals surface area (Å²) in [5, 5.41) is 3.55. The van der Waals surface area contributed by atoms with E-state index in [-0.39, 0.29) is 5.91 Å². The minimum absolute atomic E-state index is 0.0570. The van der Waals surface area contributed by atoms with Crippen molar-refractivity contribution >= 4 is 34.8 Å². The number of halogens is 2. The molecule has 2 aromatic rings. The van der Waals surface area contributed by atoms with Crippen molar-refractivity contribution < 1.29 is 9.53 Å². The van der Waals surface area contributed by atoms with Crippen molar-refractivity contribution in [3.05, 3.63) is 51.5 Å². The zero-order valence-electron chi connectivity index (χ0n) is 12.2. The lowest BCUT2D eigenvalue weighted by Gasteiger charge is -2.13. The van der Waals surface area contributed by atoms with Gasteiger partial charge in [-0.05, 0) is 48.7 Å². The van der Waals surface area contributed by atoms with Gasteiger partial charge in [0, 0.05) is 12.1 Å². The Morgan fingerprint density at radius 3 is 2.61 bits per heavy atom. The maximum Gasteiger partial charge on any atom is 0.251 e. The lowest BCUT2D eigenvalue weighted by molar-refractivity contribution is 0.0956. The van der Waals surface area contributed by atoms with E-state index in [1.807, 2.05) is 6.07 Å². The average molecular weight is 352 g/mol. The van der Waals surface area contributed by atoms with E-state index in [1.54, 1.807) is 24.3 Å². The molecule has 0 saturated carbocycles. The fraction of sp³-hybridized carbons (Fsp3) is 0.188. The molecule has 0 saturated heterocycles. The molecule has 2 aromatic carbocycles. The second-order valence-corrected chi connectivity index (χ2v) is 6.01. The maximum atomic E-state index is 11.9. The molecule has 23 heavy (non-hydrogen) atoms. The summed E-state index contributed by atoms with van der Waals surface area (Å²) in [4.78, 5) is 11.9. The molecule has 0 unspecified atom stereocenters. The van der Waals surface area contributed by atoms with E-state index in [2.05, 4.69) is 10.7 Å². The summed E-state index contributed by atoms with van der Waals surface area (Å²) in [6, 6.07) is 8.58. The highest BCUT2D eigenvalue weighted by Gasteiger charge is 2.17. The number of fused-ring (bicyclic) bond motifs is 1. The van der Waals surface area contributed by atoms with Gasteiger partial charge in [-0.3, -0.25) is 10.6 Å². The second kappa shape index (κ2) is 6.66. The molecule has 5 nitrogen and oxygen atoms in total. The smallest absolute Gasteiger partial charge is 0.251 e. The molecule has 0 aliphatic carbocycles. The van der Waals surface area contributed by atoms with Crippen molar-refractivity contribution in [3.63, 3.8) is 0 Å². The first-order valence-electron chi connectivity index (χ1n) is 7.13. The second-order valence-electron chi connectivity index (χ2n) is 5.19. The van der Waals surface area contributed by atoms with Crippen molar-refractivity contribution in [2.45, 2.75) is 12.8 Å². The number of hydrazine groups is 1. The fourth-order valence-electron chi connectivity index (χ4n) is 2.50. The van der Waals surface area contributed by atoms with Gasteiger partial charge in [-0.2, -0.15) is 0 Å². The van der Waals surface area contributed by atoms with Crippen LogP contribution >= 0.6 is 23.2 Å². The lowest BCUT2D eigenvalue weighted by atomic mass is 10.0. The van der Waals surface area contributed by atoms with Crippen LogP contribution in [0.3, 0.4) is 0 Å². The van der Waals surface area contributed by atoms with Gasteiger partial charge in [-0.1, -0.05) is 23.2 Å². The predicted molar refractivity (Wildman–Crippen MR) is 91.4 cm³/mol. The third-order valence-electron chi connectivity index (χ3n) is 3.61. The third-order valence-corrected chi connectivity index (χ3v) is 4.18. The van der Waals surface area contributed by atoms with E-state index in [9.17, 15) is 4.79 Å². The normalized spacial score (nSPS) is 13.8. The van der Waals surface area contributed by atoms with Gasteiger partial charge < -0.3 is 15.5 Å². The number of carbonyl (C=O) groups excluding carboxylic acids is 1. The van der Waals surface area contributed by atoms with Gasteiger partial charge in [-0.25, -0.2) is 0 Å². The number of nitrogens with one attached hydrogen (secondary N) is 2. The quantitative estimate of drug-likeness (QED) is 0.581. The van der Waals surface area contributed by atoms with Crippen LogP contribution in [-0.4, -0.2) is 12.5 Å². The first-order chi connectivity index (χ1) is 11.1. The number of benzene rings is 2. The van der Waals surface area contributed by atoms with E-state index in [0.29, 0.717) is 39.3 Å². The minimum Gasteiger partial charge on any atom is -0.454 e. The molecule has 1 aliphatic heterocycles. The topological polar surface area (TPSA) is 76.4 Å². The van der Waals surface area contributed by atoms with Crippen molar-refractivity contribution in [2.75, 3.05) is 12.0 Å². The standard InChI is InChI=1S/C16H15Cl2N3O2/c17-13-7-10(21-19)8-14(18)15(13)23-11-3-4-12-9(6-11)2-1-5-20-16(12)22/h3-4,6-8,21H,1-2,5,19H2,(H,20,22). The summed E-state index contributed by atoms with van der Waals surface area (Å²) < 4.78 is 5.82. The number of nitrogen functional groups attached to an aromatic ring is 1. The molecule has 0 bridgehead atoms. The van der Waals surface area contributed by atoms with E-state index in [4.69, 9.17) is 33.8 Å². The van der Waals surface area contributed by atoms with Crippen LogP contribution in [0.2, 0.25) is 10.0 Å². The summed E-state index contributed by atoms with van der Waals surface area (Å²) in [5.74, 6) is 6.22. The molecule has 0 fully saturated rings. The van der Waals surface area contributed by atoms with Crippen molar-refractivity contribution in [1.29, 1.82) is 0 Å². The molecule has 1 amide bonds. The van der Waals surface area contributed by atoms with Gasteiger partial charge in [0.1, 0.15) is 5.75 Å². The first kappa shape index (κ1) is 15.9. The van der Waals surface area contributed by atoms with Gasteiger partial charge in [0.2, 0.25) is 0 Å². The first-order valence-corrected chi connectivity index (χ1v) is 7.88. The number of anilines is 1. The molecule has 1 heterocycles. The van der Waals surface area contributed by atoms with E-state index >= 15 is 0 Å². The van der Waals surface area contributed by atoms with Crippen molar-refractivity contribution in [3.8, 4) is 11.5 Å². The molecule has 120 valence electrons. The number of rotatable bonds is 3. The number of hydrogen-bond donors (Lipinski definition) is 3. The Balaban J connectivity index is 1.92. The summed E-state index contributed by atoms with van der Waals surface area (Å²) in [6.07, 6.45) is 1.70. The zero-order chi connectivity index (χ0) is 16.4. The third kappa shape index (κ3) is 3.37. The monoisotopic (exact) mass is 351 g/mol. The Kier molecular flexibility index (Phi) is 4.61. The van der Waals surface area contributed by atoms with Crippen LogP contribution in [0.4, 0.5) is 5.69 Å². The number of hydrogen-bond acceptors (Lipinski definition) is 4. The maximum absolute atomic E-state index is 11.9. The van der Waals surface area contributed by atoms with E-state index in [1.165, 1.54) is 0 Å². The van der Waals surface area contributed by atoms with Crippen LogP contribution in [0.25, 0.3) is 0 Å². The largest absolute Gasteiger partial charge is 0.454 e. The van der Waals surface area contributed by atoms with Crippen LogP contribution in [0.1, 0.15) is 22.3 Å². The molecule has 1 aliphatic rings. The SMILES string of the molecule is NNc1cc(Cl)c(Oc2ccc3c(c2)CCCNC3=O)c(Cl)c1. The van der Waals surface area contributed by atoms with Crippen molar-refractivity contribution in [2.24, 2.45) is 5.84 Å². The summed E-state index contributed by atoms with van der Waals surface area (Å²) in [5.41, 5.74) is 4.70. The Labute approximate surface area is 143 Å². The Hall–Kier alpha value is -1.95. The van der Waals surface area contributed by atoms with E-state index in [0.717, 1.165) is 18.4 Å². The number of nitrogens with two attached hydrogens (primary N) is 1. The van der Waals surface area contributed by atoms with Crippen LogP contribution < -0.4 is 21.3 Å². The minimum atomic E-state index is -0.0570. The molecule has 4 N–H and O–H groups in total. The number of aryl methyl sites for hydroxylation is 1. The molecular weight excluding hydrogens is 337 g/mol. The molecular formula is C16H15Cl2N3O2. The lowest BCUT2D eigenvalue weighted by Crippen LogP contribution is -2.22. The molecule has 0 aromatic heterocycles. The molecule has 0 spiro atoms. The van der Waals surface area contributed by atoms with Gasteiger partial charge in [0.15, 0.2) is 5.75 Å². The van der Waals surface area contributed by atoms with Gasteiger partial charge in [0.05, 0.1) is 15.7 Å². The highest BCUT2D eigenvalue weighted by molar-refractivity contribution is 6.37. The Bertz CT molecular complexity index is 742. The number of ether oxygens (including phenoxy) is 1. The Morgan fingerprint density at radius 2 is 1.91 bits per heavy atom. The molecule has 0 radical (unpaired) electrons. The average Bonchev–Trinajstić information content (AvgIpc) is 2.72. The van der Waals surface area contributed by atoms with Crippen LogP contribution in [0.5, 0.6) is 11.5 Å². The van der Waals surface area contributed by atoms with Crippen LogP contribution in [0.15, 0.2) is 30.3 Å². The highest BCUT2D eigenvalue weighted by atomic mass is 35.5. The Morgan fingerprint density at radius 1 is 1.17 bits per heavy atom. The van der Waals surface area contributed by atoms with Crippen LogP contribution in [0, 0.1) is 0 Å². The van der Waals surface area contributed by atoms with Gasteiger partial charge >= 0.3 is 0 Å². The molecule has 0 atom stereocenters. The predicted octanol–water partition coefficient (Wildman–Crippen LogP) is 3.75. The summed E-state index contributed by atoms with van der Waals surface area (Å²) in [7, 11) is 0. The van der Waals surface area contributed by atoms with Crippen LogP contribution in [-0.2, 0) is 6.42 Å². The summed E-state index contributed by atoms with van der Waals surface area (Å²) >= 11 is 12.4. The van der Waals surface area contributed by atoms with Gasteiger partial charge in [-0.15, -0.1) is 0 Å². The molecule has 3 rings (SSSR count). The summed E-state index contributed by atoms with van der Waals surface area (Å²) in [6.45, 7) is 0.676. The zero-order valence-corrected chi connectivity index (χ0v) is 13.7. The van der Waals surface area contributed by atoms with Gasteiger partial charge in [0.25, 0.3) is 5.91 Å². The molecule has 7 heteroatoms. The number of amides is 1. The van der Waals surface area contributed by atoms with Crippen molar-refractivity contribution in [1.82, 2.24) is 5.32 Å². The highest BCUT2D eigenvalue weighted by Crippen LogP contribution is 2.39. The van der Waals surface area contributed by atoms with E-state index < -0.39 is 0 Å². The fourth-order valence-corrected chi connectivity index (χ4v) is 3.06.